The summed E-state index contributed by atoms with van der Waals surface area (Å²) in [7, 11) is 0. The number of benzene rings is 1. The molecule has 0 bridgehead atoms. The predicted molar refractivity (Wildman–Crippen MR) is 74.1 cm³/mol. The van der Waals surface area contributed by atoms with Crippen LogP contribution in [0.5, 0.6) is 0 Å². The summed E-state index contributed by atoms with van der Waals surface area (Å²) in [5, 5.41) is 3.64. The van der Waals surface area contributed by atoms with E-state index in [2.05, 4.69) is 26.1 Å². The quantitative estimate of drug-likeness (QED) is 0.823. The van der Waals surface area contributed by atoms with Gasteiger partial charge in [-0.05, 0) is 60.9 Å². The first-order valence-electron chi connectivity index (χ1n) is 6.95. The minimum atomic E-state index is -0.138. The van der Waals surface area contributed by atoms with Gasteiger partial charge in [-0.3, -0.25) is 0 Å². The van der Waals surface area contributed by atoms with E-state index in [1.807, 2.05) is 13.0 Å². The van der Waals surface area contributed by atoms with Gasteiger partial charge in [-0.2, -0.15) is 0 Å². The first-order valence-corrected chi connectivity index (χ1v) is 6.95. The topological polar surface area (TPSA) is 12.0 Å². The summed E-state index contributed by atoms with van der Waals surface area (Å²) in [6.07, 6.45) is 2.38. The van der Waals surface area contributed by atoms with Crippen LogP contribution in [0.4, 0.5) is 4.39 Å². The molecule has 1 fully saturated rings. The lowest BCUT2D eigenvalue weighted by molar-refractivity contribution is 0.414. The largest absolute Gasteiger partial charge is 0.310 e. The molecule has 2 atom stereocenters. The molecule has 1 N–H and O–H groups in total. The van der Waals surface area contributed by atoms with Gasteiger partial charge in [0.05, 0.1) is 0 Å². The van der Waals surface area contributed by atoms with Crippen LogP contribution >= 0.6 is 0 Å². The van der Waals surface area contributed by atoms with Gasteiger partial charge < -0.3 is 5.32 Å². The Bertz CT molecular complexity index is 425. The lowest BCUT2D eigenvalue weighted by Gasteiger charge is -2.22. The molecule has 0 aliphatic heterocycles. The zero-order chi connectivity index (χ0) is 13.3. The Morgan fingerprint density at radius 2 is 2.11 bits per heavy atom. The Labute approximate surface area is 110 Å². The van der Waals surface area contributed by atoms with Crippen LogP contribution in [0, 0.1) is 24.1 Å². The normalized spacial score (nSPS) is 22.8. The van der Waals surface area contributed by atoms with Crippen LogP contribution in [0.1, 0.15) is 50.8 Å². The van der Waals surface area contributed by atoms with Gasteiger partial charge in [-0.15, -0.1) is 0 Å². The van der Waals surface area contributed by atoms with Gasteiger partial charge in [0.25, 0.3) is 0 Å². The van der Waals surface area contributed by atoms with E-state index in [1.165, 1.54) is 12.0 Å². The van der Waals surface area contributed by atoms with Crippen molar-refractivity contribution in [3.63, 3.8) is 0 Å². The molecule has 100 valence electrons. The van der Waals surface area contributed by atoms with Crippen molar-refractivity contribution < 1.29 is 4.39 Å². The number of rotatable bonds is 5. The third kappa shape index (κ3) is 2.74. The molecule has 1 nitrogen and oxygen atoms in total. The van der Waals surface area contributed by atoms with Gasteiger partial charge >= 0.3 is 0 Å². The van der Waals surface area contributed by atoms with Crippen LogP contribution < -0.4 is 5.32 Å². The Morgan fingerprint density at radius 1 is 1.44 bits per heavy atom. The molecule has 1 aliphatic carbocycles. The second-order valence-corrected chi connectivity index (χ2v) is 6.23. The summed E-state index contributed by atoms with van der Waals surface area (Å²) in [6.45, 7) is 9.84. The molecule has 1 aliphatic rings. The molecular weight excluding hydrogens is 225 g/mol. The van der Waals surface area contributed by atoms with Gasteiger partial charge in [0.1, 0.15) is 5.82 Å². The first kappa shape index (κ1) is 13.5. The van der Waals surface area contributed by atoms with E-state index in [-0.39, 0.29) is 5.82 Å². The predicted octanol–water partition coefficient (Wildman–Crippen LogP) is 4.22. The third-order valence-electron chi connectivity index (χ3n) is 4.17. The Kier molecular flexibility index (Phi) is 3.76. The molecule has 18 heavy (non-hydrogen) atoms. The summed E-state index contributed by atoms with van der Waals surface area (Å²) in [4.78, 5) is 0. The lowest BCUT2D eigenvalue weighted by atomic mass is 9.93. The molecule has 1 saturated carbocycles. The molecule has 2 rings (SSSR count). The van der Waals surface area contributed by atoms with E-state index in [4.69, 9.17) is 0 Å². The minimum Gasteiger partial charge on any atom is -0.310 e. The zero-order valence-electron chi connectivity index (χ0n) is 11.9. The van der Waals surface area contributed by atoms with Crippen LogP contribution in [0.15, 0.2) is 18.2 Å². The average Bonchev–Trinajstić information content (AvgIpc) is 2.91. The van der Waals surface area contributed by atoms with E-state index in [0.29, 0.717) is 17.4 Å². The summed E-state index contributed by atoms with van der Waals surface area (Å²) in [6, 6.07) is 5.55. The van der Waals surface area contributed by atoms with E-state index in [0.717, 1.165) is 18.5 Å². The van der Waals surface area contributed by atoms with Gasteiger partial charge in [0, 0.05) is 6.04 Å². The maximum Gasteiger partial charge on any atom is 0.123 e. The van der Waals surface area contributed by atoms with Crippen LogP contribution in [0.2, 0.25) is 0 Å². The molecule has 1 aromatic carbocycles. The first-order chi connectivity index (χ1) is 8.45. The highest BCUT2D eigenvalue weighted by molar-refractivity contribution is 5.32. The van der Waals surface area contributed by atoms with E-state index in [1.54, 1.807) is 12.1 Å². The van der Waals surface area contributed by atoms with E-state index >= 15 is 0 Å². The maximum atomic E-state index is 13.2. The number of nitrogens with one attached hydrogen (secondary N) is 1. The molecular formula is C16H24FN. The van der Waals surface area contributed by atoms with Gasteiger partial charge in [-0.25, -0.2) is 4.39 Å². The van der Waals surface area contributed by atoms with Gasteiger partial charge in [0.15, 0.2) is 0 Å². The van der Waals surface area contributed by atoms with Crippen molar-refractivity contribution in [2.45, 2.75) is 46.6 Å². The summed E-state index contributed by atoms with van der Waals surface area (Å²) in [5.74, 6) is 0.536. The Hall–Kier alpha value is -0.890. The van der Waals surface area contributed by atoms with Crippen molar-refractivity contribution in [1.29, 1.82) is 0 Å². The summed E-state index contributed by atoms with van der Waals surface area (Å²) < 4.78 is 13.2. The van der Waals surface area contributed by atoms with Crippen LogP contribution in [0.3, 0.4) is 0 Å². The van der Waals surface area contributed by atoms with Gasteiger partial charge in [0.2, 0.25) is 0 Å². The summed E-state index contributed by atoms with van der Waals surface area (Å²) >= 11 is 0. The Balaban J connectivity index is 2.23. The monoisotopic (exact) mass is 249 g/mol. The fourth-order valence-electron chi connectivity index (χ4n) is 2.83. The molecule has 0 heterocycles. The molecule has 0 aromatic heterocycles. The highest BCUT2D eigenvalue weighted by Gasteiger charge is 2.50. The second kappa shape index (κ2) is 5.00. The van der Waals surface area contributed by atoms with Crippen molar-refractivity contribution in [3.8, 4) is 0 Å². The Morgan fingerprint density at radius 3 is 2.61 bits per heavy atom. The van der Waals surface area contributed by atoms with Crippen molar-refractivity contribution in [2.75, 3.05) is 6.54 Å². The number of hydrogen-bond donors (Lipinski definition) is 1. The van der Waals surface area contributed by atoms with Crippen molar-refractivity contribution in [3.05, 3.63) is 35.1 Å². The molecule has 0 spiro atoms. The van der Waals surface area contributed by atoms with Gasteiger partial charge in [-0.1, -0.05) is 26.8 Å². The number of hydrogen-bond acceptors (Lipinski definition) is 1. The minimum absolute atomic E-state index is 0.138. The zero-order valence-corrected chi connectivity index (χ0v) is 11.9. The van der Waals surface area contributed by atoms with E-state index in [9.17, 15) is 4.39 Å². The SMILES string of the molecule is CCCNC(c1ccc(F)cc1C)C1CC1(C)C. The highest BCUT2D eigenvalue weighted by Crippen LogP contribution is 2.58. The van der Waals surface area contributed by atoms with Crippen LogP contribution in [0.25, 0.3) is 0 Å². The van der Waals surface area contributed by atoms with Crippen molar-refractivity contribution >= 4 is 0 Å². The smallest absolute Gasteiger partial charge is 0.123 e. The fraction of sp³-hybridized carbons (Fsp3) is 0.625. The third-order valence-corrected chi connectivity index (χ3v) is 4.17. The van der Waals surface area contributed by atoms with Crippen LogP contribution in [-0.4, -0.2) is 6.54 Å². The molecule has 0 saturated heterocycles. The standard InChI is InChI=1S/C16H24FN/c1-5-8-18-15(14-10-16(14,3)4)13-7-6-12(17)9-11(13)2/h6-7,9,14-15,18H,5,8,10H2,1-4H3. The molecule has 0 amide bonds. The van der Waals surface area contributed by atoms with E-state index < -0.39 is 0 Å². The lowest BCUT2D eigenvalue weighted by Crippen LogP contribution is -2.26. The molecule has 2 heteroatoms. The summed E-state index contributed by atoms with van der Waals surface area (Å²) in [5.41, 5.74) is 2.75. The highest BCUT2D eigenvalue weighted by atomic mass is 19.1. The fourth-order valence-corrected chi connectivity index (χ4v) is 2.83. The maximum absolute atomic E-state index is 13.2. The second-order valence-electron chi connectivity index (χ2n) is 6.23. The van der Waals surface area contributed by atoms with Crippen LogP contribution in [-0.2, 0) is 0 Å². The van der Waals surface area contributed by atoms with Crippen molar-refractivity contribution in [1.82, 2.24) is 5.32 Å². The number of aryl methyl sites for hydroxylation is 1. The van der Waals surface area contributed by atoms with Crippen molar-refractivity contribution in [2.24, 2.45) is 11.3 Å². The molecule has 2 unspecified atom stereocenters. The number of halogens is 1. The average molecular weight is 249 g/mol. The molecule has 1 aromatic rings. The molecule has 0 radical (unpaired) electrons.